The maximum atomic E-state index is 13.6. The molecule has 0 aromatic rings. The van der Waals surface area contributed by atoms with Gasteiger partial charge in [-0.3, -0.25) is 0 Å². The molecule has 11 aliphatic heterocycles. The lowest BCUT2D eigenvalue weighted by atomic mass is 9.91. The molecular formula is C74H119NO66. The Labute approximate surface area is 788 Å². The Kier molecular flexibility index (Phi) is 39.9. The zero-order valence-electron chi connectivity index (χ0n) is 72.6. The fraction of sp³-hybridized carbons (Fsp3) is 0.932. The Morgan fingerprint density at radius 3 is 1.17 bits per heavy atom. The number of rotatable bonds is 39. The summed E-state index contributed by atoms with van der Waals surface area (Å²) in [6.45, 7) is -11.1. The van der Waals surface area contributed by atoms with Crippen LogP contribution in [-0.2, 0) is 123 Å². The van der Waals surface area contributed by atoms with Gasteiger partial charge in [0.1, 0.15) is 256 Å². The van der Waals surface area contributed by atoms with Gasteiger partial charge in [0.2, 0.25) is 0 Å². The van der Waals surface area contributed by atoms with Crippen molar-refractivity contribution < 1.29 is 328 Å². The normalized spacial score (nSPS) is 49.4. The molecule has 67 nitrogen and oxygen atoms in total. The minimum Gasteiger partial charge on any atom is -0.479 e. The number of aliphatic hydroxyl groups excluding tert-OH is 34. The molecule has 0 aromatic carbocycles. The van der Waals surface area contributed by atoms with Gasteiger partial charge in [-0.1, -0.05) is 0 Å². The van der Waals surface area contributed by atoms with Crippen molar-refractivity contribution in [3.8, 4) is 0 Å². The van der Waals surface area contributed by atoms with Crippen LogP contribution >= 0.6 is 0 Å². The molecule has 0 aliphatic carbocycles. The summed E-state index contributed by atoms with van der Waals surface area (Å²) in [5, 5.41) is 441. The average Bonchev–Trinajstić information content (AvgIpc) is 0.752. The summed E-state index contributed by atoms with van der Waals surface area (Å²) in [6, 6.07) is -2.17. The predicted octanol–water partition coefficient (Wildman–Crippen LogP) is -27.6. The summed E-state index contributed by atoms with van der Waals surface area (Å²) in [4.78, 5) is 63.1. The molecule has 816 valence electrons. The molecule has 11 fully saturated rings. The van der Waals surface area contributed by atoms with Crippen molar-refractivity contribution in [2.45, 2.75) is 374 Å². The quantitative estimate of drug-likeness (QED) is 0.0272. The Hall–Kier alpha value is -4.93. The molecule has 59 atom stereocenters. The highest BCUT2D eigenvalue weighted by molar-refractivity contribution is 5.77. The van der Waals surface area contributed by atoms with E-state index >= 15 is 0 Å². The van der Waals surface area contributed by atoms with E-state index in [1.807, 2.05) is 0 Å². The first-order valence-corrected chi connectivity index (χ1v) is 43.2. The molecule has 11 heterocycles. The summed E-state index contributed by atoms with van der Waals surface area (Å²) < 4.78 is 118. The van der Waals surface area contributed by atoms with Gasteiger partial charge >= 0.3 is 29.8 Å². The summed E-state index contributed by atoms with van der Waals surface area (Å²) in [7, 11) is 0. The van der Waals surface area contributed by atoms with Crippen molar-refractivity contribution >= 4 is 29.8 Å². The zero-order chi connectivity index (χ0) is 105. The number of ether oxygens (including phenoxy) is 21. The highest BCUT2D eigenvalue weighted by Crippen LogP contribution is 2.44. The monoisotopic (exact) mass is 2080 g/mol. The molecule has 0 saturated carbocycles. The van der Waals surface area contributed by atoms with E-state index in [4.69, 9.17) is 105 Å². The van der Waals surface area contributed by atoms with Crippen LogP contribution in [0.4, 0.5) is 0 Å². The molecule has 0 bridgehead atoms. The van der Waals surface area contributed by atoms with Gasteiger partial charge in [0.25, 0.3) is 11.6 Å². The number of carbonyl (C=O) groups is 5. The fourth-order valence-electron chi connectivity index (χ4n) is 17.4. The minimum atomic E-state index is -3.46. The van der Waals surface area contributed by atoms with Crippen molar-refractivity contribution in [2.75, 3.05) is 52.9 Å². The molecule has 0 unspecified atom stereocenters. The Morgan fingerprint density at radius 2 is 0.667 bits per heavy atom. The minimum absolute atomic E-state index is 1.14. The van der Waals surface area contributed by atoms with Gasteiger partial charge in [0.15, 0.2) is 74.9 Å². The van der Waals surface area contributed by atoms with E-state index in [1.165, 1.54) is 0 Å². The van der Waals surface area contributed by atoms with Crippen LogP contribution in [0.5, 0.6) is 0 Å². The van der Waals surface area contributed by atoms with Gasteiger partial charge in [-0.2, -0.15) is 0 Å². The molecule has 42 N–H and O–H groups in total. The highest BCUT2D eigenvalue weighted by Gasteiger charge is 2.66. The van der Waals surface area contributed by atoms with Crippen molar-refractivity contribution in [1.29, 1.82) is 0 Å². The van der Waals surface area contributed by atoms with Gasteiger partial charge in [-0.15, -0.1) is 0 Å². The van der Waals surface area contributed by atoms with Gasteiger partial charge in [-0.25, -0.2) is 24.0 Å². The van der Waals surface area contributed by atoms with Crippen LogP contribution in [0.25, 0.3) is 0 Å². The Balaban J connectivity index is 0.913. The molecule has 11 saturated heterocycles. The van der Waals surface area contributed by atoms with Crippen molar-refractivity contribution in [1.82, 2.24) is 0 Å². The van der Waals surface area contributed by atoms with E-state index < -0.39 is 457 Å². The molecule has 0 spiro atoms. The summed E-state index contributed by atoms with van der Waals surface area (Å²) >= 11 is 0. The maximum absolute atomic E-state index is 13.6. The molecule has 11 aliphatic rings. The second kappa shape index (κ2) is 48.4. The van der Waals surface area contributed by atoms with Crippen LogP contribution in [0.1, 0.15) is 12.8 Å². The number of carboxylic acid groups (broad SMARTS) is 5. The number of carboxylic acids is 5. The number of nitrogens with two attached hydrogens (primary N) is 1. The zero-order valence-corrected chi connectivity index (χ0v) is 72.6. The lowest BCUT2D eigenvalue weighted by Crippen LogP contribution is -2.71. The second-order valence-corrected chi connectivity index (χ2v) is 35.0. The van der Waals surface area contributed by atoms with Gasteiger partial charge in [0, 0.05) is 12.8 Å². The predicted molar refractivity (Wildman–Crippen MR) is 412 cm³/mol. The fourth-order valence-corrected chi connectivity index (χ4v) is 17.4. The van der Waals surface area contributed by atoms with Crippen LogP contribution in [0.15, 0.2) is 0 Å². The standard InChI is InChI=1S/C74H119NO66/c75-21-24(90)22(88)20(10-123-74(72(118)119)2-18(23(89)47(141-74)13(83)4-77)124-65-37(103)26(92)29(95)44(128-65)12(82)3-76)126-62(21)134-53-34(100)40(106)68(139-58(53)61(114)115)133-52-41(107)46(17(87)9-121-63-35(101)25(91)30(96)45(127-63)16(86)8-122-64-36(102)27(93)31(97)55(136-64)59(110)111)129-69(42(52)108)135-54-43(109)70(130-48-11(81)1-73(120,71(116)117)140-50(48)15(85)6-79)131-49(14(84)5-78)57(54)138-66-39(105)33(99)51(19(7-80)125-66)132-67-38(104)28(94)32(98)56(137-67)60(112)113/h11-58,62-70,76-109,120H,1-10,75H2,(H,110,111)(H,112,113)(H,114,115)(H,116,117)(H,118,119)/t11-,12+,13-,14+,15-,16+,17+,18-,19-,20-,21-,22-,23-,24-,25+,26+,27+,28+,29+,30+,31-,32-,33-,34-,35+,36-,37+,38-,39-,40-,41-,42+,43+,44-,45-,46-,47-,48-,49-,50-,51-,52+,53-,54-,55+,56+,57-,58+,62-,63+,64-,65+,66+,67+,68+,69-,70+,73-,74-/m1/s1. The van der Waals surface area contributed by atoms with Gasteiger partial charge < -0.3 is 309 Å². The number of hydrogen-bond donors (Lipinski definition) is 41. The van der Waals surface area contributed by atoms with E-state index in [9.17, 15) is 228 Å². The van der Waals surface area contributed by atoms with Crippen LogP contribution in [-0.4, -0.2) is 648 Å². The maximum Gasteiger partial charge on any atom is 0.364 e. The first-order chi connectivity index (χ1) is 66.1. The van der Waals surface area contributed by atoms with Crippen molar-refractivity contribution in [2.24, 2.45) is 5.73 Å². The van der Waals surface area contributed by atoms with Crippen LogP contribution in [0.3, 0.4) is 0 Å². The Morgan fingerprint density at radius 1 is 0.298 bits per heavy atom. The lowest BCUT2D eigenvalue weighted by Gasteiger charge is -2.52. The summed E-state index contributed by atoms with van der Waals surface area (Å²) in [5.74, 6) is -17.4. The number of aliphatic carboxylic acids is 5. The summed E-state index contributed by atoms with van der Waals surface area (Å²) in [6.07, 6.45) is -143. The Bertz CT molecular complexity index is 4000. The average molecular weight is 2080 g/mol. The third-order valence-corrected chi connectivity index (χ3v) is 25.4. The van der Waals surface area contributed by atoms with Crippen LogP contribution < -0.4 is 5.73 Å². The van der Waals surface area contributed by atoms with E-state index in [-0.39, 0.29) is 0 Å². The highest BCUT2D eigenvalue weighted by atomic mass is 16.8. The topological polar surface area (TPSA) is 1110 Å². The number of aliphatic hydroxyl groups is 35. The first kappa shape index (κ1) is 116. The van der Waals surface area contributed by atoms with E-state index in [2.05, 4.69) is 0 Å². The first-order valence-electron chi connectivity index (χ1n) is 43.2. The van der Waals surface area contributed by atoms with E-state index in [0.717, 1.165) is 0 Å². The van der Waals surface area contributed by atoms with Gasteiger partial charge in [0.05, 0.1) is 71.1 Å². The molecule has 67 heteroatoms. The molecule has 141 heavy (non-hydrogen) atoms. The van der Waals surface area contributed by atoms with Crippen molar-refractivity contribution in [3.05, 3.63) is 0 Å². The molecule has 11 rings (SSSR count). The third kappa shape index (κ3) is 24.4. The summed E-state index contributed by atoms with van der Waals surface area (Å²) in [5.41, 5.74) is 6.22. The van der Waals surface area contributed by atoms with E-state index in [0.29, 0.717) is 0 Å². The molecule has 0 amide bonds. The molecular weight excluding hydrogens is 1960 g/mol. The van der Waals surface area contributed by atoms with E-state index in [1.54, 1.807) is 0 Å². The molecule has 0 aromatic heterocycles. The van der Waals surface area contributed by atoms with Gasteiger partial charge in [-0.05, 0) is 0 Å². The second-order valence-electron chi connectivity index (χ2n) is 35.0. The lowest BCUT2D eigenvalue weighted by molar-refractivity contribution is -0.413. The third-order valence-electron chi connectivity index (χ3n) is 25.4. The van der Waals surface area contributed by atoms with Crippen LogP contribution in [0.2, 0.25) is 0 Å². The number of hydrogen-bond acceptors (Lipinski definition) is 62. The SMILES string of the molecule is N[C@H]1[C@@H](O[C@@H]2[C@H](O)[C@@H](O)[C@@H](O[C@@H]3[C@H](O)[C@@H](O[C@@H]4[C@H](O)[C@@H](O[C@H]5[C@@H]([C@H](O)CO)O[C@@](O)(C(=O)O)C[C@H]5O)O[C@H]([C@@H](O)CO)[C@H]4O[C@@H]4O[C@H](CO)[C@@H](O[C@H]5O[C@H](C(=O)O)[C@H](O)[C@H](O)[C@H]5O)[C@H](O)[C@H]4O)O[C@H]([C@@H](O)CO[C@H]4O[C@H]([C@@H](O)CO[C@@H]5O[C@H](C(=O)O)[C@H](O)[C@H](O)[C@H]5O)[C@@H](O)[C@H](O)[C@@H]4O)[C@H]3O)O[C@@H]2C(=O)O)O[C@H](CO[C@]2(C(=O)O)C[C@@H](O[C@H]3O[C@H]([C@@H](O)CO)[C@@H](O)[C@H](O)[C@@H]3O)[C@@H](O)[C@@H]([C@H](O)CO)O2)[C@@H](O)[C@@H]1O. The van der Waals surface area contributed by atoms with Crippen molar-refractivity contribution in [3.63, 3.8) is 0 Å². The molecule has 0 radical (unpaired) electrons. The van der Waals surface area contributed by atoms with Crippen LogP contribution in [0, 0.1) is 0 Å². The smallest absolute Gasteiger partial charge is 0.364 e. The largest absolute Gasteiger partial charge is 0.479 e.